The Morgan fingerprint density at radius 1 is 1.28 bits per heavy atom. The molecule has 1 unspecified atom stereocenters. The van der Waals surface area contributed by atoms with Crippen molar-refractivity contribution < 1.29 is 19.1 Å². The van der Waals surface area contributed by atoms with Crippen LogP contribution in [0.25, 0.3) is 0 Å². The minimum atomic E-state index is -1.08. The van der Waals surface area contributed by atoms with E-state index < -0.39 is 17.4 Å². The Labute approximate surface area is 116 Å². The first kappa shape index (κ1) is 15.1. The Kier molecular flexibility index (Phi) is 4.46. The van der Waals surface area contributed by atoms with Gasteiger partial charge in [0, 0.05) is 22.1 Å². The Balaban J connectivity index is 3.42. The topological polar surface area (TPSA) is 52.6 Å². The average molecular weight is 293 g/mol. The van der Waals surface area contributed by atoms with Crippen LogP contribution in [-0.2, 0) is 19.1 Å². The second-order valence-corrected chi connectivity index (χ2v) is 4.68. The molecule has 0 amide bonds. The molecular formula is C12H14Cl2O4. The van der Waals surface area contributed by atoms with E-state index in [1.54, 1.807) is 13.8 Å². The fourth-order valence-corrected chi connectivity index (χ4v) is 3.15. The second kappa shape index (κ2) is 5.33. The molecule has 0 fully saturated rings. The van der Waals surface area contributed by atoms with Crippen LogP contribution in [0.5, 0.6) is 0 Å². The van der Waals surface area contributed by atoms with Gasteiger partial charge in [0.15, 0.2) is 0 Å². The lowest BCUT2D eigenvalue weighted by atomic mass is 9.64. The van der Waals surface area contributed by atoms with E-state index in [0.717, 1.165) is 0 Å². The lowest BCUT2D eigenvalue weighted by Crippen LogP contribution is -2.43. The third-order valence-corrected chi connectivity index (χ3v) is 3.87. The molecule has 0 aromatic carbocycles. The van der Waals surface area contributed by atoms with E-state index in [4.69, 9.17) is 27.9 Å². The van der Waals surface area contributed by atoms with Gasteiger partial charge in [-0.05, 0) is 19.4 Å². The molecule has 0 aliphatic heterocycles. The van der Waals surface area contributed by atoms with Crippen molar-refractivity contribution in [2.45, 2.75) is 13.8 Å². The van der Waals surface area contributed by atoms with Gasteiger partial charge in [-0.2, -0.15) is 0 Å². The molecule has 0 saturated carbocycles. The third kappa shape index (κ3) is 1.93. The summed E-state index contributed by atoms with van der Waals surface area (Å²) in [6, 6.07) is 0. The maximum Gasteiger partial charge on any atom is 0.333 e. The average Bonchev–Trinajstić information content (AvgIpc) is 2.36. The Morgan fingerprint density at radius 2 is 1.83 bits per heavy atom. The van der Waals surface area contributed by atoms with Gasteiger partial charge in [-0.25, -0.2) is 4.79 Å². The standard InChI is InChI=1S/C12H14Cl2O4/c1-6(10(15)17-3)8-9(14)7(5-13)12(8,2)11(16)18-4/h5H2,1-4H3/b8-6+. The van der Waals surface area contributed by atoms with Crippen molar-refractivity contribution in [2.24, 2.45) is 5.41 Å². The molecule has 6 heteroatoms. The molecule has 100 valence electrons. The molecule has 1 rings (SSSR count). The summed E-state index contributed by atoms with van der Waals surface area (Å²) in [7, 11) is 2.54. The molecule has 0 radical (unpaired) electrons. The normalized spacial score (nSPS) is 25.4. The second-order valence-electron chi connectivity index (χ2n) is 4.03. The zero-order chi connectivity index (χ0) is 14.1. The van der Waals surface area contributed by atoms with Crippen LogP contribution in [0, 0.1) is 5.41 Å². The molecule has 0 aromatic rings. The van der Waals surface area contributed by atoms with Crippen molar-refractivity contribution in [2.75, 3.05) is 20.1 Å². The van der Waals surface area contributed by atoms with E-state index >= 15 is 0 Å². The van der Waals surface area contributed by atoms with Gasteiger partial charge < -0.3 is 9.47 Å². The van der Waals surface area contributed by atoms with Gasteiger partial charge in [-0.15, -0.1) is 11.6 Å². The van der Waals surface area contributed by atoms with Gasteiger partial charge >= 0.3 is 11.9 Å². The fraction of sp³-hybridized carbons (Fsp3) is 0.500. The van der Waals surface area contributed by atoms with E-state index in [1.807, 2.05) is 0 Å². The highest BCUT2D eigenvalue weighted by Crippen LogP contribution is 2.55. The van der Waals surface area contributed by atoms with Crippen LogP contribution in [0.4, 0.5) is 0 Å². The summed E-state index contributed by atoms with van der Waals surface area (Å²) < 4.78 is 9.38. The summed E-state index contributed by atoms with van der Waals surface area (Å²) in [5, 5.41) is 0.334. The molecule has 0 N–H and O–H groups in total. The number of halogens is 2. The van der Waals surface area contributed by atoms with Gasteiger partial charge in [0.05, 0.1) is 14.2 Å². The number of hydrogen-bond acceptors (Lipinski definition) is 4. The van der Waals surface area contributed by atoms with Crippen LogP contribution >= 0.6 is 23.2 Å². The van der Waals surface area contributed by atoms with Gasteiger partial charge in [0.25, 0.3) is 0 Å². The highest BCUT2D eigenvalue weighted by atomic mass is 35.5. The van der Waals surface area contributed by atoms with Crippen LogP contribution in [0.3, 0.4) is 0 Å². The molecule has 4 nitrogen and oxygen atoms in total. The van der Waals surface area contributed by atoms with E-state index in [0.29, 0.717) is 16.2 Å². The minimum Gasteiger partial charge on any atom is -0.468 e. The van der Waals surface area contributed by atoms with Crippen molar-refractivity contribution in [3.8, 4) is 0 Å². The van der Waals surface area contributed by atoms with Crippen LogP contribution in [0.15, 0.2) is 21.8 Å². The largest absolute Gasteiger partial charge is 0.468 e. The minimum absolute atomic E-state index is 0.0996. The Morgan fingerprint density at radius 3 is 2.22 bits per heavy atom. The Hall–Kier alpha value is -1.00. The number of esters is 2. The molecular weight excluding hydrogens is 279 g/mol. The van der Waals surface area contributed by atoms with E-state index in [9.17, 15) is 9.59 Å². The highest BCUT2D eigenvalue weighted by Gasteiger charge is 2.53. The summed E-state index contributed by atoms with van der Waals surface area (Å²) in [5.41, 5.74) is 0.171. The van der Waals surface area contributed by atoms with Crippen LogP contribution in [0.1, 0.15) is 13.8 Å². The third-order valence-electron chi connectivity index (χ3n) is 3.18. The molecule has 0 spiro atoms. The van der Waals surface area contributed by atoms with Crippen molar-refractivity contribution in [1.29, 1.82) is 0 Å². The number of ether oxygens (including phenoxy) is 2. The SMILES string of the molecule is COC(=O)/C(C)=C1\C(Cl)=C(CCl)C1(C)C(=O)OC. The number of alkyl halides is 1. The van der Waals surface area contributed by atoms with E-state index in [-0.39, 0.29) is 11.5 Å². The van der Waals surface area contributed by atoms with Crippen molar-refractivity contribution in [3.63, 3.8) is 0 Å². The lowest BCUT2D eigenvalue weighted by Gasteiger charge is -2.41. The monoisotopic (exact) mass is 292 g/mol. The van der Waals surface area contributed by atoms with Gasteiger partial charge in [0.1, 0.15) is 5.41 Å². The smallest absolute Gasteiger partial charge is 0.333 e. The molecule has 0 saturated heterocycles. The van der Waals surface area contributed by atoms with Crippen molar-refractivity contribution in [1.82, 2.24) is 0 Å². The highest BCUT2D eigenvalue weighted by molar-refractivity contribution is 6.37. The fourth-order valence-electron chi connectivity index (χ4n) is 2.09. The molecule has 0 bridgehead atoms. The number of rotatable bonds is 3. The number of carbonyl (C=O) groups is 2. The first-order valence-electron chi connectivity index (χ1n) is 5.19. The molecule has 1 atom stereocenters. The summed E-state index contributed by atoms with van der Waals surface area (Å²) in [4.78, 5) is 23.4. The van der Waals surface area contributed by atoms with E-state index in [2.05, 4.69) is 4.74 Å². The maximum absolute atomic E-state index is 11.9. The molecule has 18 heavy (non-hydrogen) atoms. The number of hydrogen-bond donors (Lipinski definition) is 0. The maximum atomic E-state index is 11.9. The summed E-state index contributed by atoms with van der Waals surface area (Å²) in [6.45, 7) is 3.18. The molecule has 0 heterocycles. The number of methoxy groups -OCH3 is 2. The van der Waals surface area contributed by atoms with Gasteiger partial charge in [-0.3, -0.25) is 4.79 Å². The summed E-state index contributed by atoms with van der Waals surface area (Å²) in [5.74, 6) is -0.935. The van der Waals surface area contributed by atoms with Crippen LogP contribution in [0.2, 0.25) is 0 Å². The zero-order valence-electron chi connectivity index (χ0n) is 10.6. The zero-order valence-corrected chi connectivity index (χ0v) is 12.1. The summed E-state index contributed by atoms with van der Waals surface area (Å²) in [6.07, 6.45) is 0. The van der Waals surface area contributed by atoms with Crippen LogP contribution < -0.4 is 0 Å². The predicted molar refractivity (Wildman–Crippen MR) is 68.4 cm³/mol. The first-order chi connectivity index (χ1) is 8.35. The first-order valence-corrected chi connectivity index (χ1v) is 6.11. The Bertz CT molecular complexity index is 465. The van der Waals surface area contributed by atoms with E-state index in [1.165, 1.54) is 14.2 Å². The molecule has 0 aromatic heterocycles. The molecule has 1 aliphatic carbocycles. The number of carbonyl (C=O) groups excluding carboxylic acids is 2. The van der Waals surface area contributed by atoms with Crippen LogP contribution in [-0.4, -0.2) is 32.0 Å². The van der Waals surface area contributed by atoms with Crippen molar-refractivity contribution in [3.05, 3.63) is 21.8 Å². The van der Waals surface area contributed by atoms with Crippen molar-refractivity contribution >= 4 is 35.1 Å². The molecule has 1 aliphatic rings. The van der Waals surface area contributed by atoms with Gasteiger partial charge in [-0.1, -0.05) is 11.6 Å². The lowest BCUT2D eigenvalue weighted by molar-refractivity contribution is -0.148. The predicted octanol–water partition coefficient (Wildman–Crippen LogP) is 2.40. The van der Waals surface area contributed by atoms with Gasteiger partial charge in [0.2, 0.25) is 0 Å². The summed E-state index contributed by atoms with van der Waals surface area (Å²) >= 11 is 11.9. The quantitative estimate of drug-likeness (QED) is 0.455. The number of allylic oxidation sites excluding steroid dienone is 1.